The summed E-state index contributed by atoms with van der Waals surface area (Å²) in [6.45, 7) is 4.09. The Morgan fingerprint density at radius 1 is 1.09 bits per heavy atom. The van der Waals surface area contributed by atoms with Gasteiger partial charge in [-0.3, -0.25) is 10.4 Å². The molecular weight excluding hydrogens is 424 g/mol. The number of piperidine rings is 2. The zero-order chi connectivity index (χ0) is 23.1. The van der Waals surface area contributed by atoms with Gasteiger partial charge in [0.05, 0.1) is 17.2 Å². The third-order valence-corrected chi connectivity index (χ3v) is 7.68. The highest BCUT2D eigenvalue weighted by atomic mass is 15.4. The lowest BCUT2D eigenvalue weighted by molar-refractivity contribution is 0.263. The van der Waals surface area contributed by atoms with E-state index in [1.165, 1.54) is 36.1 Å². The molecule has 6 rings (SSSR count). The van der Waals surface area contributed by atoms with Gasteiger partial charge in [-0.15, -0.1) is 0 Å². The third-order valence-electron chi connectivity index (χ3n) is 7.68. The molecule has 8 nitrogen and oxygen atoms in total. The van der Waals surface area contributed by atoms with Crippen LogP contribution in [-0.2, 0) is 6.54 Å². The van der Waals surface area contributed by atoms with E-state index in [-0.39, 0.29) is 6.04 Å². The van der Waals surface area contributed by atoms with E-state index < -0.39 is 0 Å². The summed E-state index contributed by atoms with van der Waals surface area (Å²) in [6.07, 6.45) is 8.91. The quantitative estimate of drug-likeness (QED) is 0.466. The molecule has 34 heavy (non-hydrogen) atoms. The predicted molar refractivity (Wildman–Crippen MR) is 135 cm³/mol. The molecule has 0 saturated carbocycles. The second kappa shape index (κ2) is 9.26. The SMILES string of the molecule is CN(C)Cc1cncc(C2CC3C(CN2)NNC3c2nc3c(N4CCCCC4)cccc3[nH]2)c1. The molecule has 180 valence electrons. The first kappa shape index (κ1) is 22.0. The monoisotopic (exact) mass is 460 g/mol. The van der Waals surface area contributed by atoms with Crippen LogP contribution in [0.4, 0.5) is 5.69 Å². The number of nitrogens with zero attached hydrogens (tertiary/aromatic N) is 4. The number of para-hydroxylation sites is 1. The number of hydrogen-bond acceptors (Lipinski definition) is 7. The van der Waals surface area contributed by atoms with E-state index in [9.17, 15) is 0 Å². The lowest BCUT2D eigenvalue weighted by Gasteiger charge is -2.34. The van der Waals surface area contributed by atoms with Gasteiger partial charge in [-0.2, -0.15) is 0 Å². The van der Waals surface area contributed by atoms with Crippen LogP contribution in [0.2, 0.25) is 0 Å². The lowest BCUT2D eigenvalue weighted by atomic mass is 9.82. The van der Waals surface area contributed by atoms with Crippen LogP contribution < -0.4 is 21.1 Å². The van der Waals surface area contributed by atoms with E-state index in [2.05, 4.69) is 74.3 Å². The zero-order valence-corrected chi connectivity index (χ0v) is 20.2. The maximum absolute atomic E-state index is 5.17. The fourth-order valence-electron chi connectivity index (χ4n) is 6.02. The van der Waals surface area contributed by atoms with Crippen molar-refractivity contribution >= 4 is 16.7 Å². The topological polar surface area (TPSA) is 84.1 Å². The molecule has 1 aromatic carbocycles. The van der Waals surface area contributed by atoms with Crippen molar-refractivity contribution in [3.05, 3.63) is 53.6 Å². The molecule has 0 aliphatic carbocycles. The minimum absolute atomic E-state index is 0.161. The number of fused-ring (bicyclic) bond motifs is 2. The number of H-pyrrole nitrogens is 1. The van der Waals surface area contributed by atoms with Crippen molar-refractivity contribution in [1.29, 1.82) is 0 Å². The molecule has 3 aromatic rings. The highest BCUT2D eigenvalue weighted by Crippen LogP contribution is 2.39. The van der Waals surface area contributed by atoms with Crippen LogP contribution in [0.15, 0.2) is 36.7 Å². The number of nitrogens with one attached hydrogen (secondary N) is 4. The summed E-state index contributed by atoms with van der Waals surface area (Å²) in [5, 5.41) is 3.74. The molecule has 3 fully saturated rings. The first-order chi connectivity index (χ1) is 16.7. The van der Waals surface area contributed by atoms with Crippen LogP contribution in [0.1, 0.15) is 54.7 Å². The Bertz CT molecular complexity index is 1130. The lowest BCUT2D eigenvalue weighted by Crippen LogP contribution is -2.46. The van der Waals surface area contributed by atoms with E-state index in [4.69, 9.17) is 4.98 Å². The minimum Gasteiger partial charge on any atom is -0.370 e. The van der Waals surface area contributed by atoms with Gasteiger partial charge in [-0.05, 0) is 69.1 Å². The van der Waals surface area contributed by atoms with Gasteiger partial charge in [0.15, 0.2) is 0 Å². The molecule has 2 aromatic heterocycles. The molecule has 4 N–H and O–H groups in total. The average Bonchev–Trinajstić information content (AvgIpc) is 3.48. The number of aromatic nitrogens is 3. The number of benzene rings is 1. The third kappa shape index (κ3) is 4.20. The van der Waals surface area contributed by atoms with Gasteiger partial charge in [0.2, 0.25) is 0 Å². The number of aromatic amines is 1. The fraction of sp³-hybridized carbons (Fsp3) is 0.538. The van der Waals surface area contributed by atoms with Crippen molar-refractivity contribution in [1.82, 2.24) is 36.0 Å². The molecule has 3 aliphatic rings. The normalized spacial score (nSPS) is 27.4. The minimum atomic E-state index is 0.161. The van der Waals surface area contributed by atoms with Gasteiger partial charge >= 0.3 is 0 Å². The molecule has 4 unspecified atom stereocenters. The van der Waals surface area contributed by atoms with E-state index >= 15 is 0 Å². The summed E-state index contributed by atoms with van der Waals surface area (Å²) >= 11 is 0. The molecule has 0 amide bonds. The second-order valence-corrected chi connectivity index (χ2v) is 10.4. The Kier molecular flexibility index (Phi) is 5.99. The summed E-state index contributed by atoms with van der Waals surface area (Å²) in [5.41, 5.74) is 13.1. The van der Waals surface area contributed by atoms with Crippen molar-refractivity contribution in [2.75, 3.05) is 38.6 Å². The van der Waals surface area contributed by atoms with E-state index in [1.807, 2.05) is 12.4 Å². The van der Waals surface area contributed by atoms with Crippen molar-refractivity contribution in [3.8, 4) is 0 Å². The van der Waals surface area contributed by atoms with Crippen molar-refractivity contribution in [2.24, 2.45) is 5.92 Å². The molecule has 0 spiro atoms. The smallest absolute Gasteiger partial charge is 0.126 e. The van der Waals surface area contributed by atoms with Crippen LogP contribution in [0, 0.1) is 5.92 Å². The second-order valence-electron chi connectivity index (χ2n) is 10.4. The van der Waals surface area contributed by atoms with Gasteiger partial charge in [0, 0.05) is 56.6 Å². The van der Waals surface area contributed by atoms with Crippen LogP contribution in [0.5, 0.6) is 0 Å². The predicted octanol–water partition coefficient (Wildman–Crippen LogP) is 2.88. The molecule has 3 saturated heterocycles. The van der Waals surface area contributed by atoms with E-state index in [0.717, 1.165) is 49.5 Å². The van der Waals surface area contributed by atoms with Crippen molar-refractivity contribution < 1.29 is 0 Å². The van der Waals surface area contributed by atoms with Gasteiger partial charge < -0.3 is 20.1 Å². The molecule has 3 aliphatic heterocycles. The van der Waals surface area contributed by atoms with Gasteiger partial charge in [0.1, 0.15) is 11.3 Å². The molecule has 0 radical (unpaired) electrons. The molecule has 5 heterocycles. The summed E-state index contributed by atoms with van der Waals surface area (Å²) in [5.74, 6) is 1.49. The first-order valence-electron chi connectivity index (χ1n) is 12.7. The van der Waals surface area contributed by atoms with Crippen LogP contribution >= 0.6 is 0 Å². The maximum Gasteiger partial charge on any atom is 0.126 e. The number of rotatable bonds is 5. The number of hydrazine groups is 1. The molecule has 0 bridgehead atoms. The van der Waals surface area contributed by atoms with Gasteiger partial charge in [-0.1, -0.05) is 6.07 Å². The highest BCUT2D eigenvalue weighted by Gasteiger charge is 2.42. The number of imidazole rings is 1. The summed E-state index contributed by atoms with van der Waals surface area (Å²) in [6, 6.07) is 9.70. The Balaban J connectivity index is 1.25. The van der Waals surface area contributed by atoms with Crippen LogP contribution in [0.3, 0.4) is 0 Å². The summed E-state index contributed by atoms with van der Waals surface area (Å²) in [4.78, 5) is 18.1. The van der Waals surface area contributed by atoms with Gasteiger partial charge in [-0.25, -0.2) is 10.4 Å². The van der Waals surface area contributed by atoms with Crippen LogP contribution in [0.25, 0.3) is 11.0 Å². The summed E-state index contributed by atoms with van der Waals surface area (Å²) in [7, 11) is 4.20. The average molecular weight is 461 g/mol. The van der Waals surface area contributed by atoms with Crippen molar-refractivity contribution in [3.63, 3.8) is 0 Å². The molecule has 8 heteroatoms. The summed E-state index contributed by atoms with van der Waals surface area (Å²) < 4.78 is 0. The van der Waals surface area contributed by atoms with E-state index in [1.54, 1.807) is 0 Å². The Morgan fingerprint density at radius 2 is 1.97 bits per heavy atom. The Morgan fingerprint density at radius 3 is 2.82 bits per heavy atom. The Labute approximate surface area is 201 Å². The van der Waals surface area contributed by atoms with Crippen molar-refractivity contribution in [2.45, 2.75) is 50.4 Å². The Hall–Kier alpha value is -2.52. The number of pyridine rings is 1. The standard InChI is InChI=1S/C26H36N8/c1-33(2)16-17-11-18(14-27-13-17)21-12-19-22(15-28-21)31-32-24(19)26-29-20-7-6-8-23(25(20)30-26)34-9-4-3-5-10-34/h6-8,11,13-14,19,21-22,24,28,31-32H,3-5,9-10,12,15-16H2,1-2H3,(H,29,30). The van der Waals surface area contributed by atoms with Gasteiger partial charge in [0.25, 0.3) is 0 Å². The zero-order valence-electron chi connectivity index (χ0n) is 20.2. The highest BCUT2D eigenvalue weighted by molar-refractivity contribution is 5.89. The fourth-order valence-corrected chi connectivity index (χ4v) is 6.02. The number of hydrogen-bond donors (Lipinski definition) is 4. The largest absolute Gasteiger partial charge is 0.370 e. The molecule has 4 atom stereocenters. The first-order valence-corrected chi connectivity index (χ1v) is 12.7. The number of anilines is 1. The van der Waals surface area contributed by atoms with Crippen LogP contribution in [-0.4, -0.2) is 59.6 Å². The maximum atomic E-state index is 5.17. The molecular formula is C26H36N8. The van der Waals surface area contributed by atoms with E-state index in [0.29, 0.717) is 18.0 Å².